The molecule has 0 fully saturated rings. The number of hydrogen-bond donors (Lipinski definition) is 2. The fourth-order valence-corrected chi connectivity index (χ4v) is 2.94. The van der Waals surface area contributed by atoms with Crippen LogP contribution >= 0.6 is 11.8 Å². The van der Waals surface area contributed by atoms with E-state index in [1.165, 1.54) is 11.8 Å². The smallest absolute Gasteiger partial charge is 0.234 e. The van der Waals surface area contributed by atoms with E-state index in [9.17, 15) is 9.59 Å². The van der Waals surface area contributed by atoms with Gasteiger partial charge in [0.2, 0.25) is 11.8 Å². The molecule has 0 bridgehead atoms. The number of carbonyl (C=O) groups is 2. The Morgan fingerprint density at radius 2 is 1.62 bits per heavy atom. The Hall–Kier alpha value is -2.47. The number of rotatable bonds is 9. The molecule has 0 aromatic heterocycles. The van der Waals surface area contributed by atoms with Crippen LogP contribution in [0.1, 0.15) is 5.56 Å². The van der Waals surface area contributed by atoms with E-state index in [0.717, 1.165) is 23.5 Å². The standard InChI is InChI=1S/C20H25N3O2S/c1-16-8-10-17(11-9-16)22-20(25)15-26-14-19(24)21-12-13-23(2)18-6-4-3-5-7-18/h3-11H,12-15H2,1-2H3,(H,21,24)(H,22,25). The number of nitrogens with one attached hydrogen (secondary N) is 2. The van der Waals surface area contributed by atoms with Gasteiger partial charge in [0.15, 0.2) is 0 Å². The maximum atomic E-state index is 11.9. The van der Waals surface area contributed by atoms with Crippen LogP contribution in [0.4, 0.5) is 11.4 Å². The normalized spacial score (nSPS) is 10.2. The molecule has 2 aromatic rings. The molecule has 0 aliphatic carbocycles. The third kappa shape index (κ3) is 7.19. The van der Waals surface area contributed by atoms with Crippen LogP contribution in [0.2, 0.25) is 0 Å². The molecule has 2 N–H and O–H groups in total. The molecule has 6 heteroatoms. The molecule has 0 atom stereocenters. The van der Waals surface area contributed by atoms with Crippen molar-refractivity contribution < 1.29 is 9.59 Å². The van der Waals surface area contributed by atoms with Gasteiger partial charge in [-0.05, 0) is 31.2 Å². The summed E-state index contributed by atoms with van der Waals surface area (Å²) in [5.41, 5.74) is 3.03. The van der Waals surface area contributed by atoms with Crippen molar-refractivity contribution in [2.45, 2.75) is 6.92 Å². The van der Waals surface area contributed by atoms with Crippen LogP contribution in [0, 0.1) is 6.92 Å². The molecule has 0 spiro atoms. The van der Waals surface area contributed by atoms with E-state index in [-0.39, 0.29) is 23.3 Å². The summed E-state index contributed by atoms with van der Waals surface area (Å²) in [4.78, 5) is 25.8. The van der Waals surface area contributed by atoms with E-state index in [2.05, 4.69) is 15.5 Å². The highest BCUT2D eigenvalue weighted by molar-refractivity contribution is 8.00. The predicted molar refractivity (Wildman–Crippen MR) is 110 cm³/mol. The summed E-state index contributed by atoms with van der Waals surface area (Å²) in [7, 11) is 1.99. The van der Waals surface area contributed by atoms with Crippen molar-refractivity contribution in [3.63, 3.8) is 0 Å². The van der Waals surface area contributed by atoms with Crippen LogP contribution in [0.25, 0.3) is 0 Å². The van der Waals surface area contributed by atoms with Crippen molar-refractivity contribution in [1.82, 2.24) is 5.32 Å². The second-order valence-corrected chi connectivity index (χ2v) is 7.00. The first kappa shape index (κ1) is 19.8. The van der Waals surface area contributed by atoms with Gasteiger partial charge in [0.1, 0.15) is 0 Å². The Kier molecular flexibility index (Phi) is 8.02. The summed E-state index contributed by atoms with van der Waals surface area (Å²) in [6, 6.07) is 17.7. The van der Waals surface area contributed by atoms with Gasteiger partial charge in [-0.3, -0.25) is 9.59 Å². The van der Waals surface area contributed by atoms with Gasteiger partial charge < -0.3 is 15.5 Å². The van der Waals surface area contributed by atoms with E-state index in [4.69, 9.17) is 0 Å². The molecule has 2 aromatic carbocycles. The van der Waals surface area contributed by atoms with Crippen LogP contribution in [-0.2, 0) is 9.59 Å². The zero-order chi connectivity index (χ0) is 18.8. The zero-order valence-electron chi connectivity index (χ0n) is 15.2. The van der Waals surface area contributed by atoms with Gasteiger partial charge in [0.25, 0.3) is 0 Å². The van der Waals surface area contributed by atoms with Crippen LogP contribution < -0.4 is 15.5 Å². The van der Waals surface area contributed by atoms with Crippen molar-refractivity contribution in [2.24, 2.45) is 0 Å². The van der Waals surface area contributed by atoms with Crippen LogP contribution in [0.5, 0.6) is 0 Å². The third-order valence-corrected chi connectivity index (χ3v) is 4.70. The number of thioether (sulfide) groups is 1. The number of aryl methyl sites for hydroxylation is 1. The molecule has 2 rings (SSSR count). The lowest BCUT2D eigenvalue weighted by atomic mass is 10.2. The fraction of sp³-hybridized carbons (Fsp3) is 0.300. The van der Waals surface area contributed by atoms with Crippen molar-refractivity contribution in [2.75, 3.05) is 41.9 Å². The highest BCUT2D eigenvalue weighted by atomic mass is 32.2. The molecule has 26 heavy (non-hydrogen) atoms. The van der Waals surface area contributed by atoms with Crippen molar-refractivity contribution in [3.8, 4) is 0 Å². The van der Waals surface area contributed by atoms with E-state index in [1.807, 2.05) is 68.6 Å². The summed E-state index contributed by atoms with van der Waals surface area (Å²) in [6.45, 7) is 3.30. The maximum absolute atomic E-state index is 11.9. The number of hydrogen-bond acceptors (Lipinski definition) is 4. The highest BCUT2D eigenvalue weighted by Crippen LogP contribution is 2.10. The molecule has 2 amide bonds. The van der Waals surface area contributed by atoms with Gasteiger partial charge in [0, 0.05) is 31.5 Å². The topological polar surface area (TPSA) is 61.4 Å². The molecule has 0 saturated heterocycles. The Morgan fingerprint density at radius 3 is 2.31 bits per heavy atom. The van der Waals surface area contributed by atoms with Gasteiger partial charge in [0.05, 0.1) is 11.5 Å². The minimum atomic E-state index is -0.101. The highest BCUT2D eigenvalue weighted by Gasteiger charge is 2.06. The Labute approximate surface area is 159 Å². The summed E-state index contributed by atoms with van der Waals surface area (Å²) in [5.74, 6) is 0.372. The molecular formula is C20H25N3O2S. The Morgan fingerprint density at radius 1 is 0.962 bits per heavy atom. The van der Waals surface area contributed by atoms with Gasteiger partial charge in [-0.15, -0.1) is 11.8 Å². The molecule has 0 radical (unpaired) electrons. The molecule has 5 nitrogen and oxygen atoms in total. The zero-order valence-corrected chi connectivity index (χ0v) is 16.0. The van der Waals surface area contributed by atoms with Gasteiger partial charge in [-0.1, -0.05) is 35.9 Å². The van der Waals surface area contributed by atoms with Crippen LogP contribution in [0.3, 0.4) is 0 Å². The average Bonchev–Trinajstić information content (AvgIpc) is 2.64. The summed E-state index contributed by atoms with van der Waals surface area (Å²) in [5, 5.41) is 5.70. The maximum Gasteiger partial charge on any atom is 0.234 e. The second-order valence-electron chi connectivity index (χ2n) is 6.01. The van der Waals surface area contributed by atoms with Crippen molar-refractivity contribution in [3.05, 3.63) is 60.2 Å². The Balaban J connectivity index is 1.58. The minimum Gasteiger partial charge on any atom is -0.373 e. The first-order valence-electron chi connectivity index (χ1n) is 8.52. The van der Waals surface area contributed by atoms with Crippen molar-refractivity contribution >= 4 is 35.0 Å². The third-order valence-electron chi connectivity index (χ3n) is 3.77. The molecular weight excluding hydrogens is 346 g/mol. The average molecular weight is 372 g/mol. The number of anilines is 2. The second kappa shape index (κ2) is 10.5. The van der Waals surface area contributed by atoms with Gasteiger partial charge in [-0.2, -0.15) is 0 Å². The molecule has 0 saturated carbocycles. The van der Waals surface area contributed by atoms with Crippen LogP contribution in [-0.4, -0.2) is 43.5 Å². The molecule has 0 aliphatic rings. The predicted octanol–water partition coefficient (Wildman–Crippen LogP) is 2.92. The lowest BCUT2D eigenvalue weighted by molar-refractivity contribution is -0.118. The molecule has 0 unspecified atom stereocenters. The van der Waals surface area contributed by atoms with Gasteiger partial charge >= 0.3 is 0 Å². The number of benzene rings is 2. The van der Waals surface area contributed by atoms with E-state index < -0.39 is 0 Å². The summed E-state index contributed by atoms with van der Waals surface area (Å²) < 4.78 is 0. The fourth-order valence-electron chi connectivity index (χ4n) is 2.30. The number of carbonyl (C=O) groups excluding carboxylic acids is 2. The Bertz CT molecular complexity index is 705. The van der Waals surface area contributed by atoms with Crippen LogP contribution in [0.15, 0.2) is 54.6 Å². The first-order chi connectivity index (χ1) is 12.5. The lowest BCUT2D eigenvalue weighted by Gasteiger charge is -2.19. The van der Waals surface area contributed by atoms with Gasteiger partial charge in [-0.25, -0.2) is 0 Å². The number of amides is 2. The monoisotopic (exact) mass is 371 g/mol. The number of likely N-dealkylation sites (N-methyl/N-ethyl adjacent to an activating group) is 1. The molecule has 0 heterocycles. The van der Waals surface area contributed by atoms with E-state index >= 15 is 0 Å². The largest absolute Gasteiger partial charge is 0.373 e. The molecule has 0 aliphatic heterocycles. The van der Waals surface area contributed by atoms with E-state index in [0.29, 0.717) is 6.54 Å². The van der Waals surface area contributed by atoms with Crippen molar-refractivity contribution in [1.29, 1.82) is 0 Å². The van der Waals surface area contributed by atoms with E-state index in [1.54, 1.807) is 0 Å². The quantitative estimate of drug-likeness (QED) is 0.711. The number of nitrogens with zero attached hydrogens (tertiary/aromatic N) is 1. The lowest BCUT2D eigenvalue weighted by Crippen LogP contribution is -2.34. The SMILES string of the molecule is Cc1ccc(NC(=O)CSCC(=O)NCCN(C)c2ccccc2)cc1. The first-order valence-corrected chi connectivity index (χ1v) is 9.67. The number of para-hydroxylation sites is 1. The summed E-state index contributed by atoms with van der Waals surface area (Å²) >= 11 is 1.31. The summed E-state index contributed by atoms with van der Waals surface area (Å²) in [6.07, 6.45) is 0. The molecule has 138 valence electrons. The minimum absolute atomic E-state index is 0.0559.